The van der Waals surface area contributed by atoms with E-state index in [1.807, 2.05) is 37.3 Å². The second kappa shape index (κ2) is 5.08. The molecule has 1 atom stereocenters. The van der Waals surface area contributed by atoms with Gasteiger partial charge >= 0.3 is 0 Å². The van der Waals surface area contributed by atoms with Crippen molar-refractivity contribution in [3.05, 3.63) is 35.9 Å². The largest absolute Gasteiger partial charge is 0.507 e. The second-order valence-corrected chi connectivity index (χ2v) is 4.36. The number of aromatic hydroxyl groups is 1. The molecule has 2 aromatic carbocycles. The summed E-state index contributed by atoms with van der Waals surface area (Å²) in [5, 5.41) is 11.9. The first-order chi connectivity index (χ1) is 8.69. The Morgan fingerprint density at radius 2 is 2.06 bits per heavy atom. The van der Waals surface area contributed by atoms with Crippen molar-refractivity contribution in [3.63, 3.8) is 0 Å². The SMILES string of the molecule is COc1cccc2c(O)c(C(C)CC=O)ccc12. The molecule has 0 fully saturated rings. The van der Waals surface area contributed by atoms with Gasteiger partial charge in [-0.1, -0.05) is 31.2 Å². The summed E-state index contributed by atoms with van der Waals surface area (Å²) in [6.07, 6.45) is 1.28. The highest BCUT2D eigenvalue weighted by Crippen LogP contribution is 2.37. The molecule has 1 unspecified atom stereocenters. The first-order valence-electron chi connectivity index (χ1n) is 5.91. The van der Waals surface area contributed by atoms with Crippen molar-refractivity contribution >= 4 is 17.1 Å². The molecule has 0 aliphatic rings. The number of aldehydes is 1. The molecule has 0 heterocycles. The lowest BCUT2D eigenvalue weighted by Gasteiger charge is -2.14. The van der Waals surface area contributed by atoms with Crippen molar-refractivity contribution in [2.24, 2.45) is 0 Å². The van der Waals surface area contributed by atoms with Crippen molar-refractivity contribution in [1.82, 2.24) is 0 Å². The summed E-state index contributed by atoms with van der Waals surface area (Å²) >= 11 is 0. The average molecular weight is 244 g/mol. The lowest BCUT2D eigenvalue weighted by molar-refractivity contribution is -0.108. The highest BCUT2D eigenvalue weighted by molar-refractivity contribution is 5.94. The van der Waals surface area contributed by atoms with Crippen LogP contribution in [0.25, 0.3) is 10.8 Å². The molecule has 0 saturated carbocycles. The number of hydrogen-bond donors (Lipinski definition) is 1. The summed E-state index contributed by atoms with van der Waals surface area (Å²) in [7, 11) is 1.61. The first kappa shape index (κ1) is 12.4. The Morgan fingerprint density at radius 1 is 1.28 bits per heavy atom. The molecule has 18 heavy (non-hydrogen) atoms. The summed E-state index contributed by atoms with van der Waals surface area (Å²) < 4.78 is 5.26. The van der Waals surface area contributed by atoms with Crippen LogP contribution in [0.5, 0.6) is 11.5 Å². The molecule has 0 aliphatic carbocycles. The van der Waals surface area contributed by atoms with E-state index in [0.29, 0.717) is 6.42 Å². The molecule has 3 heteroatoms. The van der Waals surface area contributed by atoms with Crippen LogP contribution in [0.3, 0.4) is 0 Å². The number of rotatable bonds is 4. The fourth-order valence-corrected chi connectivity index (χ4v) is 2.18. The number of ether oxygens (including phenoxy) is 1. The predicted octanol–water partition coefficient (Wildman–Crippen LogP) is 3.25. The Bertz CT molecular complexity index is 575. The number of phenols is 1. The van der Waals surface area contributed by atoms with E-state index < -0.39 is 0 Å². The van der Waals surface area contributed by atoms with Crippen LogP contribution in [0.1, 0.15) is 24.8 Å². The quantitative estimate of drug-likeness (QED) is 0.840. The van der Waals surface area contributed by atoms with E-state index in [2.05, 4.69) is 0 Å². The Hall–Kier alpha value is -2.03. The van der Waals surface area contributed by atoms with Gasteiger partial charge in [0.2, 0.25) is 0 Å². The standard InChI is InChI=1S/C15H16O3/c1-10(8-9-16)11-6-7-12-13(15(11)17)4-3-5-14(12)18-2/h3-7,9-10,17H,8H2,1-2H3. The maximum absolute atomic E-state index is 10.6. The van der Waals surface area contributed by atoms with Crippen molar-refractivity contribution < 1.29 is 14.6 Å². The van der Waals surface area contributed by atoms with Crippen LogP contribution in [-0.4, -0.2) is 18.5 Å². The normalized spacial score (nSPS) is 12.3. The smallest absolute Gasteiger partial charge is 0.127 e. The van der Waals surface area contributed by atoms with Crippen LogP contribution in [-0.2, 0) is 4.79 Å². The molecule has 0 aliphatic heterocycles. The molecule has 2 aromatic rings. The van der Waals surface area contributed by atoms with Crippen molar-refractivity contribution in [3.8, 4) is 11.5 Å². The zero-order chi connectivity index (χ0) is 13.1. The van der Waals surface area contributed by atoms with Gasteiger partial charge < -0.3 is 14.6 Å². The van der Waals surface area contributed by atoms with Gasteiger partial charge in [-0.2, -0.15) is 0 Å². The molecule has 1 N–H and O–H groups in total. The van der Waals surface area contributed by atoms with E-state index in [4.69, 9.17) is 4.74 Å². The Balaban J connectivity index is 2.61. The average Bonchev–Trinajstić information content (AvgIpc) is 2.39. The van der Waals surface area contributed by atoms with E-state index in [0.717, 1.165) is 28.4 Å². The van der Waals surface area contributed by atoms with Gasteiger partial charge in [-0.3, -0.25) is 0 Å². The number of phenolic OH excluding ortho intramolecular Hbond substituents is 1. The minimum Gasteiger partial charge on any atom is -0.507 e. The highest BCUT2D eigenvalue weighted by Gasteiger charge is 2.14. The maximum atomic E-state index is 10.6. The van der Waals surface area contributed by atoms with Gasteiger partial charge in [-0.05, 0) is 17.5 Å². The zero-order valence-electron chi connectivity index (χ0n) is 10.5. The summed E-state index contributed by atoms with van der Waals surface area (Å²) in [6, 6.07) is 9.33. The van der Waals surface area contributed by atoms with Gasteiger partial charge in [-0.15, -0.1) is 0 Å². The molecule has 2 rings (SSSR count). The molecule has 0 saturated heterocycles. The van der Waals surface area contributed by atoms with Crippen LogP contribution >= 0.6 is 0 Å². The Labute approximate surface area is 106 Å². The number of fused-ring (bicyclic) bond motifs is 1. The fourth-order valence-electron chi connectivity index (χ4n) is 2.18. The zero-order valence-corrected chi connectivity index (χ0v) is 10.5. The number of methoxy groups -OCH3 is 1. The maximum Gasteiger partial charge on any atom is 0.127 e. The minimum absolute atomic E-state index is 0.0121. The van der Waals surface area contributed by atoms with E-state index in [-0.39, 0.29) is 11.7 Å². The predicted molar refractivity (Wildman–Crippen MR) is 71.3 cm³/mol. The first-order valence-corrected chi connectivity index (χ1v) is 5.91. The topological polar surface area (TPSA) is 46.5 Å². The molecule has 0 aromatic heterocycles. The van der Waals surface area contributed by atoms with Gasteiger partial charge in [0.05, 0.1) is 7.11 Å². The van der Waals surface area contributed by atoms with Crippen molar-refractivity contribution in [1.29, 1.82) is 0 Å². The summed E-state index contributed by atoms with van der Waals surface area (Å²) in [6.45, 7) is 1.93. The molecule has 0 bridgehead atoms. The van der Waals surface area contributed by atoms with E-state index in [1.165, 1.54) is 0 Å². The highest BCUT2D eigenvalue weighted by atomic mass is 16.5. The molecular weight excluding hydrogens is 228 g/mol. The molecule has 0 amide bonds. The number of carbonyl (C=O) groups is 1. The van der Waals surface area contributed by atoms with Crippen LogP contribution in [0, 0.1) is 0 Å². The van der Waals surface area contributed by atoms with E-state index in [9.17, 15) is 9.90 Å². The monoisotopic (exact) mass is 244 g/mol. The van der Waals surface area contributed by atoms with E-state index in [1.54, 1.807) is 7.11 Å². The third-order valence-corrected chi connectivity index (χ3v) is 3.22. The van der Waals surface area contributed by atoms with E-state index >= 15 is 0 Å². The molecule has 94 valence electrons. The number of carbonyl (C=O) groups excluding carboxylic acids is 1. The van der Waals surface area contributed by atoms with Crippen LogP contribution in [0.4, 0.5) is 0 Å². The van der Waals surface area contributed by atoms with Crippen LogP contribution in [0.2, 0.25) is 0 Å². The van der Waals surface area contributed by atoms with Crippen LogP contribution < -0.4 is 4.74 Å². The molecular formula is C15H16O3. The second-order valence-electron chi connectivity index (χ2n) is 4.36. The summed E-state index contributed by atoms with van der Waals surface area (Å²) in [5.74, 6) is 0.983. The Morgan fingerprint density at radius 3 is 2.72 bits per heavy atom. The summed E-state index contributed by atoms with van der Waals surface area (Å²) in [4.78, 5) is 10.6. The van der Waals surface area contributed by atoms with Gasteiger partial charge in [0.25, 0.3) is 0 Å². The van der Waals surface area contributed by atoms with Crippen molar-refractivity contribution in [2.75, 3.05) is 7.11 Å². The summed E-state index contributed by atoms with van der Waals surface area (Å²) in [5.41, 5.74) is 0.794. The Kier molecular flexibility index (Phi) is 3.51. The van der Waals surface area contributed by atoms with Gasteiger partial charge in [-0.25, -0.2) is 0 Å². The molecule has 0 radical (unpaired) electrons. The lowest BCUT2D eigenvalue weighted by atomic mass is 9.94. The molecule has 3 nitrogen and oxygen atoms in total. The molecule has 0 spiro atoms. The van der Waals surface area contributed by atoms with Gasteiger partial charge in [0.15, 0.2) is 0 Å². The lowest BCUT2D eigenvalue weighted by Crippen LogP contribution is -1.96. The minimum atomic E-state index is 0.0121. The number of benzene rings is 2. The van der Waals surface area contributed by atoms with Crippen LogP contribution in [0.15, 0.2) is 30.3 Å². The van der Waals surface area contributed by atoms with Gasteiger partial charge in [0.1, 0.15) is 17.8 Å². The third kappa shape index (κ3) is 2.04. The number of hydrogen-bond acceptors (Lipinski definition) is 3. The van der Waals surface area contributed by atoms with Gasteiger partial charge in [0, 0.05) is 17.2 Å². The van der Waals surface area contributed by atoms with Crippen molar-refractivity contribution in [2.45, 2.75) is 19.3 Å². The third-order valence-electron chi connectivity index (χ3n) is 3.22. The fraction of sp³-hybridized carbons (Fsp3) is 0.267.